The Hall–Kier alpha value is -3.11. The second-order valence-electron chi connectivity index (χ2n) is 6.36. The highest BCUT2D eigenvalue weighted by atomic mass is 32.2. The van der Waals surface area contributed by atoms with E-state index >= 15 is 0 Å². The molecule has 0 amide bonds. The molecule has 4 heteroatoms. The summed E-state index contributed by atoms with van der Waals surface area (Å²) >= 11 is 1.70. The zero-order valence-corrected chi connectivity index (χ0v) is 16.3. The Labute approximate surface area is 169 Å². The fraction of sp³-hybridized carbons (Fsp3) is 0.0833. The molecule has 0 atom stereocenters. The van der Waals surface area contributed by atoms with Crippen LogP contribution in [0.25, 0.3) is 11.8 Å². The molecule has 28 heavy (non-hydrogen) atoms. The molecule has 0 unspecified atom stereocenters. The van der Waals surface area contributed by atoms with Crippen LogP contribution in [0.4, 0.5) is 0 Å². The molecule has 3 nitrogen and oxygen atoms in total. The number of hydrogen-bond acceptors (Lipinski definition) is 3. The maximum atomic E-state index is 4.49. The van der Waals surface area contributed by atoms with Crippen molar-refractivity contribution in [3.63, 3.8) is 0 Å². The smallest absolute Gasteiger partial charge is 0.196 e. The predicted molar refractivity (Wildman–Crippen MR) is 117 cm³/mol. The van der Waals surface area contributed by atoms with Crippen molar-refractivity contribution in [1.82, 2.24) is 14.8 Å². The van der Waals surface area contributed by atoms with Gasteiger partial charge in [0, 0.05) is 17.9 Å². The molecule has 0 aliphatic carbocycles. The topological polar surface area (TPSA) is 30.7 Å². The standard InChI is InChI=1S/C24H21N3S/c1-4-11-20(12-5-1)15-10-18-28-24-26-25-23(19-21-13-6-2-7-14-21)27(24)22-16-8-3-9-17-22/h1-17H,18-19H2. The predicted octanol–water partition coefficient (Wildman–Crippen LogP) is 5.66. The van der Waals surface area contributed by atoms with Gasteiger partial charge in [0.2, 0.25) is 0 Å². The number of nitrogens with zero attached hydrogens (tertiary/aromatic N) is 3. The quantitative estimate of drug-likeness (QED) is 0.386. The van der Waals surface area contributed by atoms with Crippen LogP contribution in [0.1, 0.15) is 17.0 Å². The maximum Gasteiger partial charge on any atom is 0.196 e. The van der Waals surface area contributed by atoms with E-state index in [1.807, 2.05) is 30.3 Å². The van der Waals surface area contributed by atoms with Crippen molar-refractivity contribution < 1.29 is 0 Å². The molecule has 3 aromatic carbocycles. The van der Waals surface area contributed by atoms with E-state index in [0.29, 0.717) is 0 Å². The van der Waals surface area contributed by atoms with Crippen LogP contribution in [0.2, 0.25) is 0 Å². The Kier molecular flexibility index (Phi) is 6.00. The van der Waals surface area contributed by atoms with Gasteiger partial charge in [0.1, 0.15) is 5.82 Å². The van der Waals surface area contributed by atoms with Gasteiger partial charge >= 0.3 is 0 Å². The molecule has 138 valence electrons. The summed E-state index contributed by atoms with van der Waals surface area (Å²) in [6.45, 7) is 0. The lowest BCUT2D eigenvalue weighted by Crippen LogP contribution is -2.03. The Morgan fingerprint density at radius 3 is 2.11 bits per heavy atom. The van der Waals surface area contributed by atoms with Crippen LogP contribution in [-0.4, -0.2) is 20.5 Å². The Bertz CT molecular complexity index is 1030. The summed E-state index contributed by atoms with van der Waals surface area (Å²) in [6, 6.07) is 31.1. The van der Waals surface area contributed by atoms with Crippen molar-refractivity contribution >= 4 is 17.8 Å². The lowest BCUT2D eigenvalue weighted by atomic mass is 10.1. The van der Waals surface area contributed by atoms with Gasteiger partial charge in [0.25, 0.3) is 0 Å². The van der Waals surface area contributed by atoms with E-state index in [1.165, 1.54) is 11.1 Å². The fourth-order valence-electron chi connectivity index (χ4n) is 2.99. The first-order valence-electron chi connectivity index (χ1n) is 9.28. The van der Waals surface area contributed by atoms with Crippen molar-refractivity contribution in [1.29, 1.82) is 0 Å². The van der Waals surface area contributed by atoms with Crippen LogP contribution in [-0.2, 0) is 6.42 Å². The summed E-state index contributed by atoms with van der Waals surface area (Å²) in [5.41, 5.74) is 3.53. The average Bonchev–Trinajstić information content (AvgIpc) is 3.15. The number of para-hydroxylation sites is 1. The number of hydrogen-bond donors (Lipinski definition) is 0. The molecule has 1 aromatic heterocycles. The maximum absolute atomic E-state index is 4.49. The van der Waals surface area contributed by atoms with Crippen molar-refractivity contribution in [2.45, 2.75) is 11.6 Å². The summed E-state index contributed by atoms with van der Waals surface area (Å²) in [5, 5.41) is 9.88. The van der Waals surface area contributed by atoms with Gasteiger partial charge in [-0.3, -0.25) is 4.57 Å². The van der Waals surface area contributed by atoms with Crippen molar-refractivity contribution in [2.24, 2.45) is 0 Å². The molecule has 0 aliphatic rings. The minimum atomic E-state index is 0.753. The average molecular weight is 384 g/mol. The highest BCUT2D eigenvalue weighted by Crippen LogP contribution is 2.23. The molecule has 0 aliphatic heterocycles. The second kappa shape index (κ2) is 9.20. The highest BCUT2D eigenvalue weighted by molar-refractivity contribution is 7.99. The molecule has 0 fully saturated rings. The molecule has 0 N–H and O–H groups in total. The van der Waals surface area contributed by atoms with E-state index < -0.39 is 0 Å². The van der Waals surface area contributed by atoms with Crippen LogP contribution in [0.3, 0.4) is 0 Å². The SMILES string of the molecule is C(=Cc1ccccc1)CSc1nnc(Cc2ccccc2)n1-c1ccccc1. The third kappa shape index (κ3) is 4.59. The van der Waals surface area contributed by atoms with Gasteiger partial charge < -0.3 is 0 Å². The van der Waals surface area contributed by atoms with E-state index in [1.54, 1.807) is 11.8 Å². The highest BCUT2D eigenvalue weighted by Gasteiger charge is 2.14. The normalized spacial score (nSPS) is 11.1. The van der Waals surface area contributed by atoms with E-state index in [2.05, 4.69) is 87.6 Å². The van der Waals surface area contributed by atoms with Crippen molar-refractivity contribution in [3.05, 3.63) is 114 Å². The summed E-state index contributed by atoms with van der Waals surface area (Å²) in [7, 11) is 0. The van der Waals surface area contributed by atoms with Gasteiger partial charge in [-0.1, -0.05) is 103 Å². The number of benzene rings is 3. The minimum Gasteiger partial charge on any atom is -0.274 e. The van der Waals surface area contributed by atoms with Crippen LogP contribution in [0.5, 0.6) is 0 Å². The first kappa shape index (κ1) is 18.3. The molecule has 0 bridgehead atoms. The van der Waals surface area contributed by atoms with E-state index in [4.69, 9.17) is 0 Å². The number of thioether (sulfide) groups is 1. The zero-order valence-electron chi connectivity index (χ0n) is 15.5. The number of rotatable bonds is 7. The second-order valence-corrected chi connectivity index (χ2v) is 7.34. The molecule has 0 radical (unpaired) electrons. The Balaban J connectivity index is 1.56. The first-order valence-corrected chi connectivity index (χ1v) is 10.3. The molecule has 1 heterocycles. The van der Waals surface area contributed by atoms with E-state index in [0.717, 1.165) is 28.8 Å². The zero-order chi connectivity index (χ0) is 19.0. The van der Waals surface area contributed by atoms with Crippen LogP contribution >= 0.6 is 11.8 Å². The Morgan fingerprint density at radius 2 is 1.39 bits per heavy atom. The third-order valence-corrected chi connectivity index (χ3v) is 5.22. The molecule has 0 spiro atoms. The van der Waals surface area contributed by atoms with Gasteiger partial charge in [-0.2, -0.15) is 0 Å². The van der Waals surface area contributed by atoms with Crippen LogP contribution in [0, 0.1) is 0 Å². The molecule has 4 rings (SSSR count). The monoisotopic (exact) mass is 383 g/mol. The van der Waals surface area contributed by atoms with Gasteiger partial charge in [0.15, 0.2) is 5.16 Å². The van der Waals surface area contributed by atoms with Crippen LogP contribution in [0.15, 0.2) is 102 Å². The van der Waals surface area contributed by atoms with Crippen molar-refractivity contribution in [3.8, 4) is 5.69 Å². The minimum absolute atomic E-state index is 0.753. The lowest BCUT2D eigenvalue weighted by Gasteiger charge is -2.09. The van der Waals surface area contributed by atoms with E-state index in [9.17, 15) is 0 Å². The largest absolute Gasteiger partial charge is 0.274 e. The van der Waals surface area contributed by atoms with Crippen LogP contribution < -0.4 is 0 Å². The fourth-order valence-corrected chi connectivity index (χ4v) is 3.77. The molecule has 0 saturated carbocycles. The summed E-state index contributed by atoms with van der Waals surface area (Å²) in [6.07, 6.45) is 5.06. The summed E-state index contributed by atoms with van der Waals surface area (Å²) < 4.78 is 2.16. The van der Waals surface area contributed by atoms with Crippen molar-refractivity contribution in [2.75, 3.05) is 5.75 Å². The molecule has 0 saturated heterocycles. The molecule has 4 aromatic rings. The van der Waals surface area contributed by atoms with Gasteiger partial charge in [-0.25, -0.2) is 0 Å². The molecular weight excluding hydrogens is 362 g/mol. The molecular formula is C24H21N3S. The summed E-state index contributed by atoms with van der Waals surface area (Å²) in [5.74, 6) is 1.79. The van der Waals surface area contributed by atoms with Gasteiger partial charge in [-0.05, 0) is 23.3 Å². The Morgan fingerprint density at radius 1 is 0.750 bits per heavy atom. The first-order chi connectivity index (χ1) is 13.9. The third-order valence-electron chi connectivity index (χ3n) is 4.34. The van der Waals surface area contributed by atoms with Gasteiger partial charge in [-0.15, -0.1) is 10.2 Å². The lowest BCUT2D eigenvalue weighted by molar-refractivity contribution is 0.849. The van der Waals surface area contributed by atoms with Gasteiger partial charge in [0.05, 0.1) is 0 Å². The number of aromatic nitrogens is 3. The van der Waals surface area contributed by atoms with E-state index in [-0.39, 0.29) is 0 Å². The summed E-state index contributed by atoms with van der Waals surface area (Å²) in [4.78, 5) is 0.